The van der Waals surface area contributed by atoms with Gasteiger partial charge in [-0.05, 0) is 38.1 Å². The Morgan fingerprint density at radius 2 is 2.18 bits per heavy atom. The average Bonchev–Trinajstić information content (AvgIpc) is 2.34. The lowest BCUT2D eigenvalue weighted by Gasteiger charge is -2.37. The molecule has 0 aromatic carbocycles. The van der Waals surface area contributed by atoms with E-state index in [-0.39, 0.29) is 5.54 Å². The van der Waals surface area contributed by atoms with Crippen molar-refractivity contribution in [1.82, 2.24) is 5.32 Å². The van der Waals surface area contributed by atoms with Crippen molar-refractivity contribution in [3.8, 4) is 6.07 Å². The Kier molecular flexibility index (Phi) is 1.61. The molecular formula is C9H14N2. The van der Waals surface area contributed by atoms with Crippen LogP contribution in [0.1, 0.15) is 32.1 Å². The summed E-state index contributed by atoms with van der Waals surface area (Å²) in [7, 11) is 0. The number of nitriles is 1. The summed E-state index contributed by atoms with van der Waals surface area (Å²) in [6.45, 7) is 1.05. The van der Waals surface area contributed by atoms with E-state index in [1.54, 1.807) is 0 Å². The molecule has 1 heterocycles. The van der Waals surface area contributed by atoms with Crippen LogP contribution in [-0.4, -0.2) is 12.1 Å². The average molecular weight is 150 g/mol. The first-order valence-electron chi connectivity index (χ1n) is 4.54. The van der Waals surface area contributed by atoms with Crippen LogP contribution in [0.25, 0.3) is 0 Å². The van der Waals surface area contributed by atoms with Gasteiger partial charge in [0.15, 0.2) is 0 Å². The molecule has 1 saturated heterocycles. The topological polar surface area (TPSA) is 35.8 Å². The molecule has 1 aliphatic heterocycles. The third kappa shape index (κ3) is 0.954. The standard InChI is InChI=1S/C9H14N2/c10-7-9(5-2-6-11-9)8-3-1-4-8/h8,11H,1-6H2. The second-order valence-electron chi connectivity index (χ2n) is 3.74. The van der Waals surface area contributed by atoms with E-state index in [1.807, 2.05) is 0 Å². The van der Waals surface area contributed by atoms with Crippen molar-refractivity contribution < 1.29 is 0 Å². The molecule has 2 aliphatic rings. The summed E-state index contributed by atoms with van der Waals surface area (Å²) in [5.41, 5.74) is -0.113. The molecule has 0 aromatic heterocycles. The molecule has 2 fully saturated rings. The minimum Gasteiger partial charge on any atom is -0.299 e. The monoisotopic (exact) mass is 150 g/mol. The van der Waals surface area contributed by atoms with Crippen molar-refractivity contribution in [2.24, 2.45) is 5.92 Å². The molecule has 0 amide bonds. The first kappa shape index (κ1) is 7.12. The Morgan fingerprint density at radius 3 is 2.55 bits per heavy atom. The molecule has 2 nitrogen and oxygen atoms in total. The van der Waals surface area contributed by atoms with E-state index < -0.39 is 0 Å². The summed E-state index contributed by atoms with van der Waals surface area (Å²) >= 11 is 0. The van der Waals surface area contributed by atoms with Gasteiger partial charge in [-0.15, -0.1) is 0 Å². The largest absolute Gasteiger partial charge is 0.299 e. The van der Waals surface area contributed by atoms with Gasteiger partial charge in [0.25, 0.3) is 0 Å². The zero-order valence-electron chi connectivity index (χ0n) is 6.77. The molecule has 11 heavy (non-hydrogen) atoms. The van der Waals surface area contributed by atoms with Crippen LogP contribution >= 0.6 is 0 Å². The van der Waals surface area contributed by atoms with Gasteiger partial charge in [0.1, 0.15) is 5.54 Å². The van der Waals surface area contributed by atoms with Gasteiger partial charge >= 0.3 is 0 Å². The van der Waals surface area contributed by atoms with Gasteiger partial charge in [-0.3, -0.25) is 5.32 Å². The summed E-state index contributed by atoms with van der Waals surface area (Å²) in [6, 6.07) is 2.47. The molecule has 2 heteroatoms. The predicted octanol–water partition coefficient (Wildman–Crippen LogP) is 1.43. The maximum atomic E-state index is 9.04. The zero-order valence-corrected chi connectivity index (χ0v) is 6.77. The number of hydrogen-bond donors (Lipinski definition) is 1. The highest BCUT2D eigenvalue weighted by atomic mass is 15.0. The van der Waals surface area contributed by atoms with Gasteiger partial charge in [0.05, 0.1) is 6.07 Å². The second kappa shape index (κ2) is 2.49. The molecule has 0 aromatic rings. The first-order valence-corrected chi connectivity index (χ1v) is 4.54. The highest BCUT2D eigenvalue weighted by Gasteiger charge is 2.43. The quantitative estimate of drug-likeness (QED) is 0.613. The van der Waals surface area contributed by atoms with Crippen LogP contribution < -0.4 is 5.32 Å². The fourth-order valence-corrected chi connectivity index (χ4v) is 2.20. The number of hydrogen-bond acceptors (Lipinski definition) is 2. The van der Waals surface area contributed by atoms with Crippen LogP contribution in [0, 0.1) is 17.2 Å². The molecular weight excluding hydrogens is 136 g/mol. The van der Waals surface area contributed by atoms with Crippen molar-refractivity contribution in [3.05, 3.63) is 0 Å². The van der Waals surface area contributed by atoms with Crippen LogP contribution in [0.4, 0.5) is 0 Å². The molecule has 1 saturated carbocycles. The van der Waals surface area contributed by atoms with E-state index in [1.165, 1.54) is 25.7 Å². The fraction of sp³-hybridized carbons (Fsp3) is 0.889. The first-order chi connectivity index (χ1) is 5.37. The van der Waals surface area contributed by atoms with E-state index in [0.29, 0.717) is 5.92 Å². The Bertz CT molecular complexity index is 182. The highest BCUT2D eigenvalue weighted by molar-refractivity contribution is 5.15. The minimum absolute atomic E-state index is 0.113. The molecule has 1 atom stereocenters. The van der Waals surface area contributed by atoms with Crippen molar-refractivity contribution in [3.63, 3.8) is 0 Å². The molecule has 1 unspecified atom stereocenters. The van der Waals surface area contributed by atoms with Gasteiger partial charge in [-0.2, -0.15) is 5.26 Å². The Hall–Kier alpha value is -0.550. The number of nitrogens with zero attached hydrogens (tertiary/aromatic N) is 1. The summed E-state index contributed by atoms with van der Waals surface area (Å²) in [4.78, 5) is 0. The normalized spacial score (nSPS) is 38.1. The van der Waals surface area contributed by atoms with Gasteiger partial charge in [0, 0.05) is 0 Å². The maximum Gasteiger partial charge on any atom is 0.109 e. The van der Waals surface area contributed by atoms with Gasteiger partial charge < -0.3 is 0 Å². The molecule has 0 radical (unpaired) electrons. The van der Waals surface area contributed by atoms with Crippen LogP contribution in [-0.2, 0) is 0 Å². The van der Waals surface area contributed by atoms with Gasteiger partial charge in [-0.25, -0.2) is 0 Å². The molecule has 60 valence electrons. The maximum absolute atomic E-state index is 9.04. The molecule has 0 bridgehead atoms. The van der Waals surface area contributed by atoms with Crippen LogP contribution in [0.15, 0.2) is 0 Å². The highest BCUT2D eigenvalue weighted by Crippen LogP contribution is 2.40. The minimum atomic E-state index is -0.113. The van der Waals surface area contributed by atoms with Crippen molar-refractivity contribution in [1.29, 1.82) is 5.26 Å². The SMILES string of the molecule is N#CC1(C2CCC2)CCCN1. The van der Waals surface area contributed by atoms with Gasteiger partial charge in [0.2, 0.25) is 0 Å². The second-order valence-corrected chi connectivity index (χ2v) is 3.74. The van der Waals surface area contributed by atoms with E-state index >= 15 is 0 Å². The van der Waals surface area contributed by atoms with E-state index in [2.05, 4.69) is 11.4 Å². The van der Waals surface area contributed by atoms with E-state index in [9.17, 15) is 0 Å². The third-order valence-electron chi connectivity index (χ3n) is 3.19. The van der Waals surface area contributed by atoms with Crippen LogP contribution in [0.2, 0.25) is 0 Å². The Morgan fingerprint density at radius 1 is 1.36 bits per heavy atom. The lowest BCUT2D eigenvalue weighted by Crippen LogP contribution is -2.48. The lowest BCUT2D eigenvalue weighted by molar-refractivity contribution is 0.193. The van der Waals surface area contributed by atoms with Crippen molar-refractivity contribution >= 4 is 0 Å². The third-order valence-corrected chi connectivity index (χ3v) is 3.19. The summed E-state index contributed by atoms with van der Waals surface area (Å²) in [5.74, 6) is 0.662. The van der Waals surface area contributed by atoms with E-state index in [0.717, 1.165) is 13.0 Å². The van der Waals surface area contributed by atoms with Crippen molar-refractivity contribution in [2.45, 2.75) is 37.6 Å². The molecule has 1 aliphatic carbocycles. The summed E-state index contributed by atoms with van der Waals surface area (Å²) in [5, 5.41) is 12.4. The van der Waals surface area contributed by atoms with Crippen LogP contribution in [0.5, 0.6) is 0 Å². The molecule has 0 spiro atoms. The van der Waals surface area contributed by atoms with Crippen LogP contribution in [0.3, 0.4) is 0 Å². The predicted molar refractivity (Wildman–Crippen MR) is 42.9 cm³/mol. The Labute approximate surface area is 67.6 Å². The number of rotatable bonds is 1. The molecule has 1 N–H and O–H groups in total. The molecule has 2 rings (SSSR count). The summed E-state index contributed by atoms with van der Waals surface area (Å²) in [6.07, 6.45) is 6.12. The van der Waals surface area contributed by atoms with E-state index in [4.69, 9.17) is 5.26 Å². The zero-order chi connectivity index (χ0) is 7.73. The lowest BCUT2D eigenvalue weighted by atomic mass is 9.71. The fourth-order valence-electron chi connectivity index (χ4n) is 2.20. The smallest absolute Gasteiger partial charge is 0.109 e. The van der Waals surface area contributed by atoms with Gasteiger partial charge in [-0.1, -0.05) is 6.42 Å². The number of nitrogens with one attached hydrogen (secondary N) is 1. The summed E-state index contributed by atoms with van der Waals surface area (Å²) < 4.78 is 0. The Balaban J connectivity index is 2.09. The van der Waals surface area contributed by atoms with Crippen molar-refractivity contribution in [2.75, 3.05) is 6.54 Å².